The van der Waals surface area contributed by atoms with Crippen molar-refractivity contribution in [1.82, 2.24) is 0 Å². The molecule has 96 valence electrons. The molecule has 3 nitrogen and oxygen atoms in total. The van der Waals surface area contributed by atoms with Crippen LogP contribution in [0.1, 0.15) is 31.7 Å². The summed E-state index contributed by atoms with van der Waals surface area (Å²) < 4.78 is 0. The molecule has 18 heavy (non-hydrogen) atoms. The summed E-state index contributed by atoms with van der Waals surface area (Å²) in [7, 11) is 0. The van der Waals surface area contributed by atoms with Gasteiger partial charge in [0.15, 0.2) is 0 Å². The van der Waals surface area contributed by atoms with Crippen LogP contribution in [0.5, 0.6) is 0 Å². The molecule has 1 aliphatic carbocycles. The molecule has 4 heteroatoms. The van der Waals surface area contributed by atoms with Gasteiger partial charge in [0.05, 0.1) is 11.3 Å². The first-order valence-electron chi connectivity index (χ1n) is 6.42. The van der Waals surface area contributed by atoms with Gasteiger partial charge in [-0.1, -0.05) is 13.3 Å². The lowest BCUT2D eigenvalue weighted by Crippen LogP contribution is -2.26. The highest BCUT2D eigenvalue weighted by Crippen LogP contribution is 2.33. The molecule has 1 saturated carbocycles. The van der Waals surface area contributed by atoms with E-state index in [1.165, 1.54) is 19.3 Å². The quantitative estimate of drug-likeness (QED) is 0.817. The van der Waals surface area contributed by atoms with Crippen molar-refractivity contribution in [3.8, 4) is 6.07 Å². The Morgan fingerprint density at radius 1 is 1.50 bits per heavy atom. The van der Waals surface area contributed by atoms with Gasteiger partial charge in [0.25, 0.3) is 0 Å². The van der Waals surface area contributed by atoms with Gasteiger partial charge < -0.3 is 11.1 Å². The van der Waals surface area contributed by atoms with Crippen LogP contribution in [0.2, 0.25) is 0 Å². The average Bonchev–Trinajstić information content (AvgIpc) is 2.79. The fraction of sp³-hybridized carbons (Fsp3) is 0.500. The maximum Gasteiger partial charge on any atom is 0.101 e. The number of hydrogen-bond acceptors (Lipinski definition) is 4. The van der Waals surface area contributed by atoms with Gasteiger partial charge in [0, 0.05) is 17.0 Å². The highest BCUT2D eigenvalue weighted by Gasteiger charge is 2.27. The number of benzene rings is 1. The molecule has 0 aromatic heterocycles. The first-order valence-corrected chi connectivity index (χ1v) is 7.47. The molecule has 0 aliphatic heterocycles. The zero-order chi connectivity index (χ0) is 13.0. The van der Waals surface area contributed by atoms with E-state index >= 15 is 0 Å². The van der Waals surface area contributed by atoms with Crippen LogP contribution >= 0.6 is 11.8 Å². The van der Waals surface area contributed by atoms with Crippen molar-refractivity contribution in [2.75, 3.05) is 16.8 Å². The third kappa shape index (κ3) is 2.91. The maximum atomic E-state index is 9.14. The Labute approximate surface area is 113 Å². The lowest BCUT2D eigenvalue weighted by Gasteiger charge is -2.22. The van der Waals surface area contributed by atoms with Crippen LogP contribution in [0.4, 0.5) is 11.4 Å². The number of nitriles is 1. The third-order valence-corrected chi connectivity index (χ3v) is 4.66. The molecule has 0 radical (unpaired) electrons. The predicted octanol–water partition coefficient (Wildman–Crippen LogP) is 3.23. The summed E-state index contributed by atoms with van der Waals surface area (Å²) in [6.07, 6.45) is 3.73. The number of nitrogen functional groups attached to an aromatic ring is 1. The van der Waals surface area contributed by atoms with Crippen LogP contribution in [0.25, 0.3) is 0 Å². The topological polar surface area (TPSA) is 61.8 Å². The number of nitrogens with two attached hydrogens (primary N) is 1. The molecule has 2 atom stereocenters. The predicted molar refractivity (Wildman–Crippen MR) is 78.8 cm³/mol. The van der Waals surface area contributed by atoms with E-state index in [4.69, 9.17) is 11.0 Å². The van der Waals surface area contributed by atoms with Crippen molar-refractivity contribution in [2.24, 2.45) is 0 Å². The maximum absolute atomic E-state index is 9.14. The number of nitrogens with one attached hydrogen (secondary N) is 1. The number of rotatable bonds is 4. The number of hydrogen-bond donors (Lipinski definition) is 2. The van der Waals surface area contributed by atoms with Crippen molar-refractivity contribution in [3.63, 3.8) is 0 Å². The molecule has 1 aliphatic rings. The average molecular weight is 261 g/mol. The minimum absolute atomic E-state index is 0.477. The van der Waals surface area contributed by atoms with Crippen LogP contribution in [-0.4, -0.2) is 17.0 Å². The minimum atomic E-state index is 0.477. The van der Waals surface area contributed by atoms with E-state index in [2.05, 4.69) is 18.3 Å². The second kappa shape index (κ2) is 6.01. The lowest BCUT2D eigenvalue weighted by atomic mass is 10.1. The Bertz CT molecular complexity index is 453. The lowest BCUT2D eigenvalue weighted by molar-refractivity contribution is 0.767. The van der Waals surface area contributed by atoms with Crippen molar-refractivity contribution < 1.29 is 0 Å². The standard InChI is InChI=1S/C14H19N3S/c1-2-18-14-5-3-4-13(14)17-12-7-6-11(16)8-10(12)9-15/h6-8,13-14,17H,2-5,16H2,1H3. The fourth-order valence-electron chi connectivity index (χ4n) is 2.48. The van der Waals surface area contributed by atoms with E-state index in [-0.39, 0.29) is 0 Å². The Kier molecular flexibility index (Phi) is 4.38. The van der Waals surface area contributed by atoms with Crippen LogP contribution in [0.15, 0.2) is 18.2 Å². The Morgan fingerprint density at radius 2 is 2.33 bits per heavy atom. The van der Waals surface area contributed by atoms with Gasteiger partial charge in [-0.3, -0.25) is 0 Å². The smallest absolute Gasteiger partial charge is 0.101 e. The minimum Gasteiger partial charge on any atom is -0.399 e. The third-order valence-electron chi connectivity index (χ3n) is 3.34. The van der Waals surface area contributed by atoms with Gasteiger partial charge in [-0.15, -0.1) is 0 Å². The summed E-state index contributed by atoms with van der Waals surface area (Å²) in [4.78, 5) is 0. The van der Waals surface area contributed by atoms with Crippen molar-refractivity contribution in [2.45, 2.75) is 37.5 Å². The Morgan fingerprint density at radius 3 is 3.06 bits per heavy atom. The molecule has 2 unspecified atom stereocenters. The van der Waals surface area contributed by atoms with Gasteiger partial charge >= 0.3 is 0 Å². The molecule has 0 spiro atoms. The molecular formula is C14H19N3S. The van der Waals surface area contributed by atoms with E-state index in [0.29, 0.717) is 22.5 Å². The number of anilines is 2. The van der Waals surface area contributed by atoms with Gasteiger partial charge in [-0.25, -0.2) is 0 Å². The summed E-state index contributed by atoms with van der Waals surface area (Å²) in [6, 6.07) is 8.18. The molecule has 0 heterocycles. The molecule has 3 N–H and O–H groups in total. The first kappa shape index (κ1) is 13.1. The SMILES string of the molecule is CCSC1CCCC1Nc1ccc(N)cc1C#N. The molecule has 2 rings (SSSR count). The van der Waals surface area contributed by atoms with Crippen molar-refractivity contribution in [3.05, 3.63) is 23.8 Å². The Hall–Kier alpha value is -1.34. The van der Waals surface area contributed by atoms with Crippen molar-refractivity contribution in [1.29, 1.82) is 5.26 Å². The molecule has 0 amide bonds. The van der Waals surface area contributed by atoms with E-state index in [0.717, 1.165) is 11.4 Å². The zero-order valence-corrected chi connectivity index (χ0v) is 11.5. The van der Waals surface area contributed by atoms with E-state index in [1.807, 2.05) is 23.9 Å². The first-order chi connectivity index (χ1) is 8.74. The van der Waals surface area contributed by atoms with Gasteiger partial charge in [-0.2, -0.15) is 17.0 Å². The molecule has 1 aromatic carbocycles. The van der Waals surface area contributed by atoms with Gasteiger partial charge in [0.2, 0.25) is 0 Å². The van der Waals surface area contributed by atoms with Crippen LogP contribution in [0, 0.1) is 11.3 Å². The van der Waals surface area contributed by atoms with E-state index in [9.17, 15) is 0 Å². The van der Waals surface area contributed by atoms with Crippen LogP contribution < -0.4 is 11.1 Å². The summed E-state index contributed by atoms with van der Waals surface area (Å²) in [5.41, 5.74) is 7.90. The largest absolute Gasteiger partial charge is 0.399 e. The second-order valence-electron chi connectivity index (χ2n) is 4.59. The van der Waals surface area contributed by atoms with Gasteiger partial charge in [0.1, 0.15) is 6.07 Å². The molecule has 0 bridgehead atoms. The molecule has 1 aromatic rings. The summed E-state index contributed by atoms with van der Waals surface area (Å²) in [5, 5.41) is 13.3. The number of nitrogens with zero attached hydrogens (tertiary/aromatic N) is 1. The van der Waals surface area contributed by atoms with E-state index in [1.54, 1.807) is 6.07 Å². The zero-order valence-electron chi connectivity index (χ0n) is 10.6. The fourth-order valence-corrected chi connectivity index (χ4v) is 3.68. The summed E-state index contributed by atoms with van der Waals surface area (Å²) in [5.74, 6) is 1.15. The van der Waals surface area contributed by atoms with Crippen LogP contribution in [0.3, 0.4) is 0 Å². The number of thioether (sulfide) groups is 1. The summed E-state index contributed by atoms with van der Waals surface area (Å²) >= 11 is 2.01. The summed E-state index contributed by atoms with van der Waals surface area (Å²) in [6.45, 7) is 2.20. The highest BCUT2D eigenvalue weighted by molar-refractivity contribution is 7.99. The molecule has 0 saturated heterocycles. The van der Waals surface area contributed by atoms with Crippen molar-refractivity contribution >= 4 is 23.1 Å². The van der Waals surface area contributed by atoms with Crippen LogP contribution in [-0.2, 0) is 0 Å². The monoisotopic (exact) mass is 261 g/mol. The normalized spacial score (nSPS) is 22.7. The second-order valence-corrected chi connectivity index (χ2v) is 6.11. The molecule has 1 fully saturated rings. The van der Waals surface area contributed by atoms with E-state index < -0.39 is 0 Å². The molecular weight excluding hydrogens is 242 g/mol. The Balaban J connectivity index is 2.11. The highest BCUT2D eigenvalue weighted by atomic mass is 32.2. The van der Waals surface area contributed by atoms with Gasteiger partial charge in [-0.05, 0) is 36.8 Å².